The second-order valence-electron chi connectivity index (χ2n) is 7.02. The van der Waals surface area contributed by atoms with Crippen LogP contribution in [0.1, 0.15) is 15.9 Å². The molecule has 0 fully saturated rings. The summed E-state index contributed by atoms with van der Waals surface area (Å²) in [5.74, 6) is 2.14. The van der Waals surface area contributed by atoms with Crippen LogP contribution in [0.3, 0.4) is 0 Å². The van der Waals surface area contributed by atoms with Crippen molar-refractivity contribution < 1.29 is 19.0 Å². The molecule has 4 aromatic rings. The number of hydrogen-bond acceptors (Lipinski definition) is 7. The number of rotatable bonds is 8. The van der Waals surface area contributed by atoms with E-state index in [1.807, 2.05) is 71.3 Å². The molecule has 8 heteroatoms. The molecule has 0 aliphatic carbocycles. The van der Waals surface area contributed by atoms with E-state index in [0.29, 0.717) is 33.8 Å². The molecule has 0 radical (unpaired) electrons. The van der Waals surface area contributed by atoms with Crippen LogP contribution in [-0.4, -0.2) is 42.1 Å². The predicted octanol–water partition coefficient (Wildman–Crippen LogP) is 5.03. The number of aromatic nitrogens is 3. The van der Waals surface area contributed by atoms with Crippen molar-refractivity contribution >= 4 is 17.7 Å². The Morgan fingerprint density at radius 2 is 1.55 bits per heavy atom. The highest BCUT2D eigenvalue weighted by molar-refractivity contribution is 7.98. The number of hydrogen-bond donors (Lipinski definition) is 0. The number of benzene rings is 3. The number of methoxy groups -OCH3 is 3. The molecule has 168 valence electrons. The van der Waals surface area contributed by atoms with Crippen LogP contribution >= 0.6 is 11.8 Å². The molecule has 4 rings (SSSR count). The third-order valence-electron chi connectivity index (χ3n) is 5.04. The van der Waals surface area contributed by atoms with Crippen molar-refractivity contribution in [3.8, 4) is 28.6 Å². The summed E-state index contributed by atoms with van der Waals surface area (Å²) in [6.07, 6.45) is 0. The van der Waals surface area contributed by atoms with E-state index < -0.39 is 0 Å². The molecule has 0 amide bonds. The molecule has 7 nitrogen and oxygen atoms in total. The smallest absolute Gasteiger partial charge is 0.338 e. The summed E-state index contributed by atoms with van der Waals surface area (Å²) >= 11 is 1.49. The first-order valence-electron chi connectivity index (χ1n) is 10.2. The van der Waals surface area contributed by atoms with E-state index in [1.54, 1.807) is 20.3 Å². The Balaban J connectivity index is 1.76. The second kappa shape index (κ2) is 10.2. The molecule has 33 heavy (non-hydrogen) atoms. The zero-order valence-corrected chi connectivity index (χ0v) is 19.3. The van der Waals surface area contributed by atoms with E-state index in [2.05, 4.69) is 10.2 Å². The van der Waals surface area contributed by atoms with Gasteiger partial charge in [0.15, 0.2) is 11.0 Å². The molecule has 0 atom stereocenters. The van der Waals surface area contributed by atoms with Crippen molar-refractivity contribution in [1.29, 1.82) is 0 Å². The third-order valence-corrected chi connectivity index (χ3v) is 6.01. The molecule has 0 saturated carbocycles. The summed E-state index contributed by atoms with van der Waals surface area (Å²) in [6, 6.07) is 22.9. The molecular formula is C25H23N3O4S. The molecule has 0 unspecified atom stereocenters. The van der Waals surface area contributed by atoms with Gasteiger partial charge in [-0.2, -0.15) is 0 Å². The zero-order valence-electron chi connectivity index (χ0n) is 18.5. The minimum absolute atomic E-state index is 0.361. The van der Waals surface area contributed by atoms with Crippen LogP contribution in [0.2, 0.25) is 0 Å². The van der Waals surface area contributed by atoms with Gasteiger partial charge >= 0.3 is 5.97 Å². The maximum absolute atomic E-state index is 12.2. The van der Waals surface area contributed by atoms with Gasteiger partial charge in [0, 0.05) is 23.1 Å². The van der Waals surface area contributed by atoms with Crippen LogP contribution in [0.4, 0.5) is 0 Å². The molecule has 1 aromatic heterocycles. The Labute approximate surface area is 196 Å². The quantitative estimate of drug-likeness (QED) is 0.269. The monoisotopic (exact) mass is 461 g/mol. The number of esters is 1. The average Bonchev–Trinajstić information content (AvgIpc) is 3.31. The molecule has 3 aromatic carbocycles. The summed E-state index contributed by atoms with van der Waals surface area (Å²) in [5, 5.41) is 9.65. The summed E-state index contributed by atoms with van der Waals surface area (Å²) < 4.78 is 17.8. The topological polar surface area (TPSA) is 75.5 Å². The molecular weight excluding hydrogens is 438 g/mol. The summed E-state index contributed by atoms with van der Waals surface area (Å²) in [7, 11) is 4.61. The van der Waals surface area contributed by atoms with Gasteiger partial charge in [0.25, 0.3) is 0 Å². The van der Waals surface area contributed by atoms with E-state index >= 15 is 0 Å². The van der Waals surface area contributed by atoms with Gasteiger partial charge in [-0.05, 0) is 35.9 Å². The third kappa shape index (κ3) is 4.85. The molecule has 0 spiro atoms. The van der Waals surface area contributed by atoms with Gasteiger partial charge in [0.2, 0.25) is 0 Å². The number of para-hydroxylation sites is 1. The first kappa shape index (κ1) is 22.4. The minimum atomic E-state index is -0.361. The van der Waals surface area contributed by atoms with Crippen molar-refractivity contribution in [3.05, 3.63) is 83.9 Å². The van der Waals surface area contributed by atoms with Crippen LogP contribution in [0.25, 0.3) is 17.1 Å². The van der Waals surface area contributed by atoms with E-state index in [0.717, 1.165) is 16.8 Å². The minimum Gasteiger partial charge on any atom is -0.497 e. The Morgan fingerprint density at radius 3 is 2.21 bits per heavy atom. The zero-order chi connectivity index (χ0) is 23.2. The lowest BCUT2D eigenvalue weighted by molar-refractivity contribution is 0.0600. The molecule has 1 heterocycles. The molecule has 0 saturated heterocycles. The Kier molecular flexibility index (Phi) is 6.95. The fourth-order valence-corrected chi connectivity index (χ4v) is 4.35. The van der Waals surface area contributed by atoms with E-state index in [-0.39, 0.29) is 5.97 Å². The summed E-state index contributed by atoms with van der Waals surface area (Å²) in [5.41, 5.74) is 3.13. The second-order valence-corrected chi connectivity index (χ2v) is 7.96. The van der Waals surface area contributed by atoms with Gasteiger partial charge in [-0.3, -0.25) is 4.57 Å². The molecule has 0 bridgehead atoms. The van der Waals surface area contributed by atoms with Crippen LogP contribution in [-0.2, 0) is 10.5 Å². The van der Waals surface area contributed by atoms with Crippen LogP contribution < -0.4 is 9.47 Å². The summed E-state index contributed by atoms with van der Waals surface area (Å²) in [4.78, 5) is 12.2. The Hall–Kier alpha value is -3.78. The number of thioether (sulfide) groups is 1. The first-order valence-corrected chi connectivity index (χ1v) is 11.2. The van der Waals surface area contributed by atoms with Gasteiger partial charge in [-0.25, -0.2) is 4.79 Å². The van der Waals surface area contributed by atoms with Gasteiger partial charge in [0.05, 0.1) is 26.9 Å². The summed E-state index contributed by atoms with van der Waals surface area (Å²) in [6.45, 7) is 0. The van der Waals surface area contributed by atoms with E-state index in [9.17, 15) is 4.79 Å². The average molecular weight is 462 g/mol. The maximum atomic E-state index is 12.2. The maximum Gasteiger partial charge on any atom is 0.338 e. The van der Waals surface area contributed by atoms with Crippen molar-refractivity contribution in [3.63, 3.8) is 0 Å². The Bertz CT molecular complexity index is 1240. The van der Waals surface area contributed by atoms with Crippen molar-refractivity contribution in [2.75, 3.05) is 21.3 Å². The lowest BCUT2D eigenvalue weighted by Gasteiger charge is -2.12. The van der Waals surface area contributed by atoms with Crippen LogP contribution in [0.15, 0.2) is 78.0 Å². The fourth-order valence-electron chi connectivity index (χ4n) is 3.39. The highest BCUT2D eigenvalue weighted by atomic mass is 32.2. The standard InChI is InChI=1S/C25H23N3O4S/c1-30-20-13-18(14-21(15-20)31-2)23-26-27-25(28(23)19-10-5-4-6-11-19)33-16-17-9-7-8-12-22(17)24(29)32-3/h4-15H,16H2,1-3H3. The highest BCUT2D eigenvalue weighted by Gasteiger charge is 2.19. The molecule has 0 N–H and O–H groups in total. The lowest BCUT2D eigenvalue weighted by atomic mass is 10.1. The SMILES string of the molecule is COC(=O)c1ccccc1CSc1nnc(-c2cc(OC)cc(OC)c2)n1-c1ccccc1. The lowest BCUT2D eigenvalue weighted by Crippen LogP contribution is -2.05. The molecule has 0 aliphatic heterocycles. The fraction of sp³-hybridized carbons (Fsp3) is 0.160. The van der Waals surface area contributed by atoms with Crippen LogP contribution in [0.5, 0.6) is 11.5 Å². The number of carbonyl (C=O) groups is 1. The first-order chi connectivity index (χ1) is 16.1. The van der Waals surface area contributed by atoms with E-state index in [4.69, 9.17) is 14.2 Å². The van der Waals surface area contributed by atoms with Crippen molar-refractivity contribution in [1.82, 2.24) is 14.8 Å². The van der Waals surface area contributed by atoms with Gasteiger partial charge < -0.3 is 14.2 Å². The number of ether oxygens (including phenoxy) is 3. The van der Waals surface area contributed by atoms with Crippen LogP contribution in [0, 0.1) is 0 Å². The number of carbonyl (C=O) groups excluding carboxylic acids is 1. The predicted molar refractivity (Wildman–Crippen MR) is 127 cm³/mol. The van der Waals surface area contributed by atoms with Gasteiger partial charge in [-0.15, -0.1) is 10.2 Å². The van der Waals surface area contributed by atoms with E-state index in [1.165, 1.54) is 18.9 Å². The Morgan fingerprint density at radius 1 is 0.879 bits per heavy atom. The van der Waals surface area contributed by atoms with Crippen molar-refractivity contribution in [2.45, 2.75) is 10.9 Å². The number of nitrogens with zero attached hydrogens (tertiary/aromatic N) is 3. The van der Waals surface area contributed by atoms with Crippen molar-refractivity contribution in [2.24, 2.45) is 0 Å². The highest BCUT2D eigenvalue weighted by Crippen LogP contribution is 2.34. The van der Waals surface area contributed by atoms with Gasteiger partial charge in [0.1, 0.15) is 11.5 Å². The normalized spacial score (nSPS) is 10.6. The van der Waals surface area contributed by atoms with Gasteiger partial charge in [-0.1, -0.05) is 48.2 Å². The molecule has 0 aliphatic rings. The largest absolute Gasteiger partial charge is 0.497 e.